The van der Waals surface area contributed by atoms with E-state index in [1.54, 1.807) is 36.4 Å². The Labute approximate surface area is 190 Å². The van der Waals surface area contributed by atoms with Gasteiger partial charge in [-0.1, -0.05) is 45.0 Å². The summed E-state index contributed by atoms with van der Waals surface area (Å²) in [6.45, 7) is 6.45. The molecule has 2 rings (SSSR count). The Hall–Kier alpha value is -2.91. The summed E-state index contributed by atoms with van der Waals surface area (Å²) in [5.41, 5.74) is 1.93. The lowest BCUT2D eigenvalue weighted by atomic mass is 9.87. The predicted molar refractivity (Wildman–Crippen MR) is 127 cm³/mol. The Morgan fingerprint density at radius 3 is 2.22 bits per heavy atom. The number of nitrogens with one attached hydrogen (secondary N) is 2. The zero-order valence-electron chi connectivity index (χ0n) is 19.1. The van der Waals surface area contributed by atoms with Crippen molar-refractivity contribution in [3.8, 4) is 0 Å². The minimum Gasteiger partial charge on any atom is -0.383 e. The maximum Gasteiger partial charge on any atom is 0.253 e. The highest BCUT2D eigenvalue weighted by atomic mass is 32.2. The summed E-state index contributed by atoms with van der Waals surface area (Å²) >= 11 is 0. The molecule has 0 saturated heterocycles. The van der Waals surface area contributed by atoms with Gasteiger partial charge in [-0.15, -0.1) is 0 Å². The number of hydrogen-bond acceptors (Lipinski definition) is 5. The van der Waals surface area contributed by atoms with Crippen LogP contribution >= 0.6 is 0 Å². The predicted octanol–water partition coefficient (Wildman–Crippen LogP) is 2.77. The monoisotopic (exact) mass is 461 g/mol. The maximum absolute atomic E-state index is 12.7. The van der Waals surface area contributed by atoms with Gasteiger partial charge in [0.05, 0.1) is 29.8 Å². The van der Waals surface area contributed by atoms with Crippen molar-refractivity contribution in [2.75, 3.05) is 42.7 Å². The third-order valence-corrected chi connectivity index (χ3v) is 5.89. The number of nitrogens with zero attached hydrogens (tertiary/aromatic N) is 1. The first-order valence-corrected chi connectivity index (χ1v) is 12.0. The Bertz CT molecular complexity index is 1040. The molecule has 0 spiro atoms. The molecule has 0 bridgehead atoms. The van der Waals surface area contributed by atoms with Crippen molar-refractivity contribution >= 4 is 33.2 Å². The van der Waals surface area contributed by atoms with Crippen LogP contribution in [0.25, 0.3) is 0 Å². The SMILES string of the molecule is COCCNC(=O)c1ccccc1NC(=O)CN(c1ccc(C(C)(C)C)cc1)S(C)(=O)=O. The first kappa shape index (κ1) is 25.4. The Balaban J connectivity index is 2.20. The third-order valence-electron chi connectivity index (χ3n) is 4.75. The number of anilines is 2. The fourth-order valence-electron chi connectivity index (χ4n) is 3.00. The van der Waals surface area contributed by atoms with Gasteiger partial charge in [0, 0.05) is 13.7 Å². The summed E-state index contributed by atoms with van der Waals surface area (Å²) in [4.78, 5) is 25.1. The van der Waals surface area contributed by atoms with Gasteiger partial charge < -0.3 is 15.4 Å². The van der Waals surface area contributed by atoms with E-state index in [1.165, 1.54) is 7.11 Å². The van der Waals surface area contributed by atoms with E-state index in [1.807, 2.05) is 12.1 Å². The van der Waals surface area contributed by atoms with E-state index in [-0.39, 0.29) is 16.9 Å². The summed E-state index contributed by atoms with van der Waals surface area (Å²) in [6, 6.07) is 13.6. The van der Waals surface area contributed by atoms with Gasteiger partial charge in [-0.2, -0.15) is 0 Å². The minimum absolute atomic E-state index is 0.0840. The van der Waals surface area contributed by atoms with Crippen LogP contribution in [0.4, 0.5) is 11.4 Å². The number of benzene rings is 2. The number of para-hydroxylation sites is 1. The van der Waals surface area contributed by atoms with Crippen LogP contribution in [-0.2, 0) is 25.0 Å². The van der Waals surface area contributed by atoms with Gasteiger partial charge in [0.1, 0.15) is 6.54 Å². The van der Waals surface area contributed by atoms with E-state index in [0.29, 0.717) is 24.5 Å². The van der Waals surface area contributed by atoms with Gasteiger partial charge in [-0.3, -0.25) is 13.9 Å². The van der Waals surface area contributed by atoms with E-state index in [9.17, 15) is 18.0 Å². The van der Waals surface area contributed by atoms with E-state index in [0.717, 1.165) is 16.1 Å². The molecule has 174 valence electrons. The molecule has 32 heavy (non-hydrogen) atoms. The Kier molecular flexibility index (Phi) is 8.40. The first-order valence-electron chi connectivity index (χ1n) is 10.2. The second-order valence-electron chi connectivity index (χ2n) is 8.41. The lowest BCUT2D eigenvalue weighted by Gasteiger charge is -2.24. The molecule has 2 N–H and O–H groups in total. The highest BCUT2D eigenvalue weighted by molar-refractivity contribution is 7.92. The summed E-state index contributed by atoms with van der Waals surface area (Å²) in [6.07, 6.45) is 1.05. The van der Waals surface area contributed by atoms with Crippen molar-refractivity contribution in [2.45, 2.75) is 26.2 Å². The highest BCUT2D eigenvalue weighted by Crippen LogP contribution is 2.26. The molecule has 8 nitrogen and oxygen atoms in total. The number of carbonyl (C=O) groups excluding carboxylic acids is 2. The molecule has 0 atom stereocenters. The van der Waals surface area contributed by atoms with Crippen molar-refractivity contribution in [3.05, 3.63) is 59.7 Å². The molecule has 0 aliphatic rings. The molecule has 0 aromatic heterocycles. The first-order chi connectivity index (χ1) is 14.9. The van der Waals surface area contributed by atoms with Crippen LogP contribution in [0.5, 0.6) is 0 Å². The lowest BCUT2D eigenvalue weighted by molar-refractivity contribution is -0.114. The molecule has 2 aromatic rings. The molecular weight excluding hydrogens is 430 g/mol. The third kappa shape index (κ3) is 7.06. The fourth-order valence-corrected chi connectivity index (χ4v) is 3.86. The molecule has 0 aliphatic carbocycles. The molecular formula is C23H31N3O5S. The topological polar surface area (TPSA) is 105 Å². The van der Waals surface area contributed by atoms with Crippen LogP contribution in [0, 0.1) is 0 Å². The van der Waals surface area contributed by atoms with Crippen molar-refractivity contribution in [2.24, 2.45) is 0 Å². The summed E-state index contributed by atoms with van der Waals surface area (Å²) in [5.74, 6) is -0.928. The largest absolute Gasteiger partial charge is 0.383 e. The molecule has 0 unspecified atom stereocenters. The van der Waals surface area contributed by atoms with Gasteiger partial charge in [0.15, 0.2) is 0 Å². The zero-order valence-corrected chi connectivity index (χ0v) is 20.0. The number of amides is 2. The molecule has 2 amide bonds. The van der Waals surface area contributed by atoms with E-state index < -0.39 is 22.5 Å². The second-order valence-corrected chi connectivity index (χ2v) is 10.3. The zero-order chi connectivity index (χ0) is 23.9. The van der Waals surface area contributed by atoms with E-state index in [2.05, 4.69) is 31.4 Å². The van der Waals surface area contributed by atoms with Gasteiger partial charge >= 0.3 is 0 Å². The molecule has 9 heteroatoms. The van der Waals surface area contributed by atoms with Crippen molar-refractivity contribution < 1.29 is 22.7 Å². The fraction of sp³-hybridized carbons (Fsp3) is 0.391. The van der Waals surface area contributed by atoms with Crippen molar-refractivity contribution in [1.82, 2.24) is 5.32 Å². The number of hydrogen-bond donors (Lipinski definition) is 2. The summed E-state index contributed by atoms with van der Waals surface area (Å²) in [5, 5.41) is 5.35. The molecule has 0 fully saturated rings. The standard InChI is InChI=1S/C23H31N3O5S/c1-23(2,3)17-10-12-18(13-11-17)26(32(5,29)30)16-21(27)25-20-9-7-6-8-19(20)22(28)24-14-15-31-4/h6-13H,14-16H2,1-5H3,(H,24,28)(H,25,27). The van der Waals surface area contributed by atoms with E-state index >= 15 is 0 Å². The number of methoxy groups -OCH3 is 1. The van der Waals surface area contributed by atoms with Gasteiger partial charge in [0.2, 0.25) is 15.9 Å². The van der Waals surface area contributed by atoms with Crippen LogP contribution in [0.3, 0.4) is 0 Å². The molecule has 0 radical (unpaired) electrons. The Morgan fingerprint density at radius 1 is 1.03 bits per heavy atom. The van der Waals surface area contributed by atoms with Crippen LogP contribution in [0.15, 0.2) is 48.5 Å². The quantitative estimate of drug-likeness (QED) is 0.559. The molecule has 0 saturated carbocycles. The smallest absolute Gasteiger partial charge is 0.253 e. The molecule has 0 heterocycles. The minimum atomic E-state index is -3.72. The van der Waals surface area contributed by atoms with Crippen LogP contribution in [-0.4, -0.2) is 53.3 Å². The molecule has 2 aromatic carbocycles. The lowest BCUT2D eigenvalue weighted by Crippen LogP contribution is -2.38. The Morgan fingerprint density at radius 2 is 1.66 bits per heavy atom. The van der Waals surface area contributed by atoms with E-state index in [4.69, 9.17) is 4.74 Å². The second kappa shape index (κ2) is 10.6. The number of ether oxygens (including phenoxy) is 1. The summed E-state index contributed by atoms with van der Waals surface area (Å²) < 4.78 is 30.7. The molecule has 0 aliphatic heterocycles. The van der Waals surface area contributed by atoms with Crippen molar-refractivity contribution in [3.63, 3.8) is 0 Å². The highest BCUT2D eigenvalue weighted by Gasteiger charge is 2.23. The average molecular weight is 462 g/mol. The van der Waals surface area contributed by atoms with Crippen LogP contribution in [0.2, 0.25) is 0 Å². The van der Waals surface area contributed by atoms with Gasteiger partial charge in [-0.05, 0) is 35.2 Å². The maximum atomic E-state index is 12.7. The average Bonchev–Trinajstić information content (AvgIpc) is 2.71. The number of rotatable bonds is 9. The summed E-state index contributed by atoms with van der Waals surface area (Å²) in [7, 11) is -2.18. The van der Waals surface area contributed by atoms with Gasteiger partial charge in [0.25, 0.3) is 5.91 Å². The van der Waals surface area contributed by atoms with Crippen LogP contribution in [0.1, 0.15) is 36.7 Å². The number of sulfonamides is 1. The van der Waals surface area contributed by atoms with Crippen LogP contribution < -0.4 is 14.9 Å². The normalized spacial score (nSPS) is 11.7. The van der Waals surface area contributed by atoms with Crippen molar-refractivity contribution in [1.29, 1.82) is 0 Å². The van der Waals surface area contributed by atoms with Gasteiger partial charge in [-0.25, -0.2) is 8.42 Å². The number of carbonyl (C=O) groups is 2.